The molecule has 0 atom stereocenters. The van der Waals surface area contributed by atoms with E-state index in [2.05, 4.69) is 52.1 Å². The zero-order valence-electron chi connectivity index (χ0n) is 7.78. The molecule has 0 bridgehead atoms. The van der Waals surface area contributed by atoms with E-state index in [1.807, 2.05) is 18.2 Å². The largest absolute Gasteiger partial charge is 0.323 e. The Bertz CT molecular complexity index is 500. The summed E-state index contributed by atoms with van der Waals surface area (Å²) in [5.74, 6) is 0.418. The Hall–Kier alpha value is -0.720. The second kappa shape index (κ2) is 5.07. The van der Waals surface area contributed by atoms with Crippen LogP contribution in [0.2, 0.25) is 5.02 Å². The van der Waals surface area contributed by atoms with Crippen LogP contribution in [0.25, 0.3) is 0 Å². The van der Waals surface area contributed by atoms with Crippen LogP contribution in [-0.4, -0.2) is 15.0 Å². The minimum absolute atomic E-state index is 0.418. The molecule has 0 radical (unpaired) electrons. The zero-order valence-corrected chi connectivity index (χ0v) is 11.7. The molecule has 1 aromatic carbocycles. The fourth-order valence-electron chi connectivity index (χ4n) is 1.06. The first-order valence-electron chi connectivity index (χ1n) is 4.24. The van der Waals surface area contributed by atoms with E-state index < -0.39 is 0 Å². The minimum atomic E-state index is 0.418. The first kappa shape index (κ1) is 11.8. The van der Waals surface area contributed by atoms with Crippen molar-refractivity contribution < 1.29 is 0 Å². The maximum atomic E-state index is 6.00. The van der Waals surface area contributed by atoms with Crippen LogP contribution >= 0.6 is 43.5 Å². The molecule has 16 heavy (non-hydrogen) atoms. The third-order valence-electron chi connectivity index (χ3n) is 1.70. The van der Waals surface area contributed by atoms with Gasteiger partial charge >= 0.3 is 0 Å². The van der Waals surface area contributed by atoms with E-state index in [4.69, 9.17) is 11.6 Å². The summed E-state index contributed by atoms with van der Waals surface area (Å²) >= 11 is 12.4. The van der Waals surface area contributed by atoms with Gasteiger partial charge in [0.1, 0.15) is 0 Å². The molecule has 2 rings (SSSR count). The molecule has 0 spiro atoms. The normalized spacial score (nSPS) is 10.2. The Morgan fingerprint density at radius 3 is 2.25 bits per heavy atom. The Balaban J connectivity index is 2.30. The molecule has 0 aliphatic heterocycles. The average Bonchev–Trinajstić information content (AvgIpc) is 2.20. The van der Waals surface area contributed by atoms with Crippen molar-refractivity contribution in [3.8, 4) is 0 Å². The fourth-order valence-corrected chi connectivity index (χ4v) is 2.16. The molecule has 1 aromatic heterocycles. The predicted octanol–water partition coefficient (Wildman–Crippen LogP) is 3.79. The van der Waals surface area contributed by atoms with E-state index in [1.165, 1.54) is 0 Å². The maximum absolute atomic E-state index is 6.00. The topological polar surface area (TPSA) is 50.7 Å². The standard InChI is InChI=1S/C9H5Br2ClN4/c10-7-14-8(11)16-9(15-7)13-6-4-2-1-3-5(6)12/h1-4H,(H,13,14,15,16). The van der Waals surface area contributed by atoms with Crippen molar-refractivity contribution in [3.05, 3.63) is 38.8 Å². The average molecular weight is 364 g/mol. The second-order valence-corrected chi connectivity index (χ2v) is 4.63. The van der Waals surface area contributed by atoms with Crippen LogP contribution in [0.1, 0.15) is 0 Å². The monoisotopic (exact) mass is 362 g/mol. The summed E-state index contributed by atoms with van der Waals surface area (Å²) in [6.07, 6.45) is 0. The molecule has 0 aliphatic rings. The van der Waals surface area contributed by atoms with E-state index in [1.54, 1.807) is 6.07 Å². The molecule has 1 N–H and O–H groups in total. The molecule has 0 unspecified atom stereocenters. The van der Waals surface area contributed by atoms with Crippen LogP contribution in [0.3, 0.4) is 0 Å². The summed E-state index contributed by atoms with van der Waals surface area (Å²) in [5, 5.41) is 3.61. The Morgan fingerprint density at radius 1 is 1.00 bits per heavy atom. The molecule has 82 valence electrons. The number of hydrogen-bond acceptors (Lipinski definition) is 4. The van der Waals surface area contributed by atoms with Gasteiger partial charge in [-0.25, -0.2) is 0 Å². The third kappa shape index (κ3) is 2.90. The molecule has 4 nitrogen and oxygen atoms in total. The maximum Gasteiger partial charge on any atom is 0.232 e. The van der Waals surface area contributed by atoms with Gasteiger partial charge in [-0.05, 0) is 44.0 Å². The van der Waals surface area contributed by atoms with Crippen LogP contribution < -0.4 is 5.32 Å². The van der Waals surface area contributed by atoms with Gasteiger partial charge in [0.15, 0.2) is 0 Å². The van der Waals surface area contributed by atoms with Gasteiger partial charge in [-0.1, -0.05) is 23.7 Å². The van der Waals surface area contributed by atoms with Crippen molar-refractivity contribution in [1.29, 1.82) is 0 Å². The van der Waals surface area contributed by atoms with E-state index in [-0.39, 0.29) is 0 Å². The van der Waals surface area contributed by atoms with Crippen LogP contribution in [0.4, 0.5) is 11.6 Å². The quantitative estimate of drug-likeness (QED) is 0.881. The summed E-state index contributed by atoms with van der Waals surface area (Å²) in [6.45, 7) is 0. The lowest BCUT2D eigenvalue weighted by Gasteiger charge is -2.06. The van der Waals surface area contributed by atoms with Gasteiger partial charge in [0.25, 0.3) is 0 Å². The summed E-state index contributed by atoms with van der Waals surface area (Å²) in [7, 11) is 0. The number of nitrogens with zero attached hydrogens (tertiary/aromatic N) is 3. The number of hydrogen-bond donors (Lipinski definition) is 1. The van der Waals surface area contributed by atoms with Crippen molar-refractivity contribution >= 4 is 55.1 Å². The fraction of sp³-hybridized carbons (Fsp3) is 0. The smallest absolute Gasteiger partial charge is 0.232 e. The third-order valence-corrected chi connectivity index (χ3v) is 2.74. The molecule has 2 aromatic rings. The molecule has 0 saturated carbocycles. The lowest BCUT2D eigenvalue weighted by molar-refractivity contribution is 0.982. The number of aromatic nitrogens is 3. The number of halogens is 3. The van der Waals surface area contributed by atoms with Gasteiger partial charge in [0.05, 0.1) is 10.7 Å². The highest BCUT2D eigenvalue weighted by Crippen LogP contribution is 2.23. The van der Waals surface area contributed by atoms with Gasteiger partial charge in [-0.15, -0.1) is 0 Å². The van der Waals surface area contributed by atoms with Gasteiger partial charge in [-0.3, -0.25) is 0 Å². The first-order chi connectivity index (χ1) is 7.65. The van der Waals surface area contributed by atoms with Gasteiger partial charge in [-0.2, -0.15) is 15.0 Å². The molecule has 7 heteroatoms. The van der Waals surface area contributed by atoms with Crippen molar-refractivity contribution in [2.75, 3.05) is 5.32 Å². The summed E-state index contributed by atoms with van der Waals surface area (Å²) in [6, 6.07) is 7.36. The highest BCUT2D eigenvalue weighted by atomic mass is 79.9. The lowest BCUT2D eigenvalue weighted by atomic mass is 10.3. The second-order valence-electron chi connectivity index (χ2n) is 2.80. The van der Waals surface area contributed by atoms with Crippen LogP contribution in [-0.2, 0) is 0 Å². The highest BCUT2D eigenvalue weighted by Gasteiger charge is 2.04. The van der Waals surface area contributed by atoms with Crippen molar-refractivity contribution in [2.24, 2.45) is 0 Å². The molecular formula is C9H5Br2ClN4. The summed E-state index contributed by atoms with van der Waals surface area (Å²) < 4.78 is 0.896. The zero-order chi connectivity index (χ0) is 11.5. The van der Waals surface area contributed by atoms with Crippen molar-refractivity contribution in [3.63, 3.8) is 0 Å². The molecular weight excluding hydrogens is 359 g/mol. The molecule has 0 amide bonds. The number of para-hydroxylation sites is 1. The number of rotatable bonds is 2. The lowest BCUT2D eigenvalue weighted by Crippen LogP contribution is -1.99. The summed E-state index contributed by atoms with van der Waals surface area (Å²) in [4.78, 5) is 12.1. The van der Waals surface area contributed by atoms with E-state index in [0.717, 1.165) is 5.69 Å². The Morgan fingerprint density at radius 2 is 1.62 bits per heavy atom. The number of benzene rings is 1. The summed E-state index contributed by atoms with van der Waals surface area (Å²) in [5.41, 5.74) is 0.745. The minimum Gasteiger partial charge on any atom is -0.323 e. The molecule has 0 aliphatic carbocycles. The number of anilines is 2. The van der Waals surface area contributed by atoms with Gasteiger partial charge in [0, 0.05) is 0 Å². The molecule has 1 heterocycles. The highest BCUT2D eigenvalue weighted by molar-refractivity contribution is 9.11. The molecule has 0 saturated heterocycles. The Kier molecular flexibility index (Phi) is 3.73. The Labute approximate surface area is 114 Å². The van der Waals surface area contributed by atoms with Crippen molar-refractivity contribution in [1.82, 2.24) is 15.0 Å². The van der Waals surface area contributed by atoms with Gasteiger partial charge in [0.2, 0.25) is 15.4 Å². The van der Waals surface area contributed by atoms with E-state index >= 15 is 0 Å². The molecule has 0 fully saturated rings. The van der Waals surface area contributed by atoms with Crippen molar-refractivity contribution in [2.45, 2.75) is 0 Å². The van der Waals surface area contributed by atoms with E-state index in [0.29, 0.717) is 20.4 Å². The SMILES string of the molecule is Clc1ccccc1Nc1nc(Br)nc(Br)n1. The van der Waals surface area contributed by atoms with Crippen LogP contribution in [0, 0.1) is 0 Å². The predicted molar refractivity (Wildman–Crippen MR) is 70.0 cm³/mol. The van der Waals surface area contributed by atoms with E-state index in [9.17, 15) is 0 Å². The first-order valence-corrected chi connectivity index (χ1v) is 6.20. The number of nitrogens with one attached hydrogen (secondary N) is 1. The van der Waals surface area contributed by atoms with Crippen LogP contribution in [0.5, 0.6) is 0 Å². The van der Waals surface area contributed by atoms with Crippen LogP contribution in [0.15, 0.2) is 33.7 Å². The van der Waals surface area contributed by atoms with Gasteiger partial charge < -0.3 is 5.32 Å².